The number of carboxylic acid groups (broad SMARTS) is 1. The van der Waals surface area contributed by atoms with E-state index in [-0.39, 0.29) is 18.0 Å². The highest BCUT2D eigenvalue weighted by molar-refractivity contribution is 5.87. The highest BCUT2D eigenvalue weighted by Crippen LogP contribution is 2.24. The molecule has 0 spiro atoms. The van der Waals surface area contributed by atoms with E-state index < -0.39 is 24.7 Å². The van der Waals surface area contributed by atoms with Crippen molar-refractivity contribution in [1.82, 2.24) is 19.7 Å². The number of hydrogen-bond donors (Lipinski definition) is 1. The van der Waals surface area contributed by atoms with Crippen LogP contribution >= 0.6 is 0 Å². The highest BCUT2D eigenvalue weighted by Gasteiger charge is 2.31. The molecule has 1 aromatic carbocycles. The molecule has 1 aliphatic rings. The minimum absolute atomic E-state index is 0.180. The Morgan fingerprint density at radius 3 is 2.92 bits per heavy atom. The van der Waals surface area contributed by atoms with Gasteiger partial charge in [-0.1, -0.05) is 12.1 Å². The predicted molar refractivity (Wildman–Crippen MR) is 83.4 cm³/mol. The van der Waals surface area contributed by atoms with Gasteiger partial charge >= 0.3 is 12.1 Å². The first-order valence-corrected chi connectivity index (χ1v) is 7.92. The van der Waals surface area contributed by atoms with E-state index in [1.807, 2.05) is 4.90 Å². The van der Waals surface area contributed by atoms with Crippen LogP contribution in [0.1, 0.15) is 27.8 Å². The number of carbonyl (C=O) groups is 1. The third-order valence-corrected chi connectivity index (χ3v) is 3.99. The molecule has 2 aromatic rings. The van der Waals surface area contributed by atoms with E-state index in [0.717, 1.165) is 16.6 Å². The summed E-state index contributed by atoms with van der Waals surface area (Å²) in [6, 6.07) is 6.14. The third-order valence-electron chi connectivity index (χ3n) is 3.99. The summed E-state index contributed by atoms with van der Waals surface area (Å²) in [6.07, 6.45) is -3.31. The van der Waals surface area contributed by atoms with Gasteiger partial charge in [-0.2, -0.15) is 18.3 Å². The van der Waals surface area contributed by atoms with Gasteiger partial charge in [-0.25, -0.2) is 14.5 Å². The molecule has 1 aliphatic heterocycles. The molecule has 0 bridgehead atoms. The number of aromatic nitrogens is 3. The van der Waals surface area contributed by atoms with Crippen LogP contribution in [0.25, 0.3) is 0 Å². The molecule has 1 saturated heterocycles. The number of aromatic carboxylic acids is 1. The second-order valence-corrected chi connectivity index (χ2v) is 5.98. The smallest absolute Gasteiger partial charge is 0.408 e. The molecule has 0 amide bonds. The molecule has 0 radical (unpaired) electrons. The average Bonchev–Trinajstić information content (AvgIpc) is 3.02. The summed E-state index contributed by atoms with van der Waals surface area (Å²) in [5.74, 6) is -0.763. The van der Waals surface area contributed by atoms with Gasteiger partial charge in [0.1, 0.15) is 12.9 Å². The maximum absolute atomic E-state index is 12.5. The quantitative estimate of drug-likeness (QED) is 0.868. The Labute approximate surface area is 147 Å². The van der Waals surface area contributed by atoms with Gasteiger partial charge in [-0.05, 0) is 17.7 Å². The molecule has 1 atom stereocenters. The number of alkyl halides is 3. The minimum atomic E-state index is -4.37. The van der Waals surface area contributed by atoms with Crippen molar-refractivity contribution in [2.24, 2.45) is 0 Å². The first-order chi connectivity index (χ1) is 12.3. The number of ether oxygens (including phenoxy) is 1. The minimum Gasteiger partial charge on any atom is -0.478 e. The molecule has 1 N–H and O–H groups in total. The summed E-state index contributed by atoms with van der Waals surface area (Å²) in [4.78, 5) is 17.1. The van der Waals surface area contributed by atoms with E-state index in [1.54, 1.807) is 18.2 Å². The van der Waals surface area contributed by atoms with Crippen molar-refractivity contribution in [3.05, 3.63) is 47.5 Å². The molecule has 26 heavy (non-hydrogen) atoms. The largest absolute Gasteiger partial charge is 0.478 e. The van der Waals surface area contributed by atoms with Gasteiger partial charge in [-0.15, -0.1) is 0 Å². The summed E-state index contributed by atoms with van der Waals surface area (Å²) in [6.45, 7) is 0.486. The average molecular weight is 370 g/mol. The van der Waals surface area contributed by atoms with Crippen LogP contribution in [-0.2, 0) is 17.8 Å². The van der Waals surface area contributed by atoms with Gasteiger partial charge in [0.15, 0.2) is 5.82 Å². The topological polar surface area (TPSA) is 80.5 Å². The van der Waals surface area contributed by atoms with E-state index in [2.05, 4.69) is 10.1 Å². The van der Waals surface area contributed by atoms with Crippen LogP contribution in [-0.4, -0.2) is 56.7 Å². The molecule has 7 nitrogen and oxygen atoms in total. The van der Waals surface area contributed by atoms with Gasteiger partial charge < -0.3 is 9.84 Å². The SMILES string of the molecule is O=C(O)c1cccc(CN2CCOCC2c2ncn(CC(F)(F)F)n2)c1. The van der Waals surface area contributed by atoms with Gasteiger partial charge in [-0.3, -0.25) is 4.90 Å². The zero-order valence-corrected chi connectivity index (χ0v) is 13.7. The molecule has 10 heteroatoms. The molecule has 1 aromatic heterocycles. The van der Waals surface area contributed by atoms with Crippen molar-refractivity contribution in [2.45, 2.75) is 25.3 Å². The van der Waals surface area contributed by atoms with Crippen molar-refractivity contribution in [3.63, 3.8) is 0 Å². The van der Waals surface area contributed by atoms with Crippen molar-refractivity contribution < 1.29 is 27.8 Å². The number of rotatable bonds is 5. The Morgan fingerprint density at radius 2 is 2.19 bits per heavy atom. The second kappa shape index (κ2) is 7.42. The predicted octanol–water partition coefficient (Wildman–Crippen LogP) is 2.11. The molecule has 0 saturated carbocycles. The summed E-state index contributed by atoms with van der Waals surface area (Å²) >= 11 is 0. The number of hydrogen-bond acceptors (Lipinski definition) is 5. The van der Waals surface area contributed by atoms with E-state index in [4.69, 9.17) is 9.84 Å². The number of carboxylic acids is 1. The molecular formula is C16H17F3N4O3. The van der Waals surface area contributed by atoms with Crippen LogP contribution in [0.15, 0.2) is 30.6 Å². The molecule has 0 aliphatic carbocycles. The fourth-order valence-electron chi connectivity index (χ4n) is 2.82. The second-order valence-electron chi connectivity index (χ2n) is 5.98. The van der Waals surface area contributed by atoms with Gasteiger partial charge in [0.05, 0.1) is 24.8 Å². The Hall–Kier alpha value is -2.46. The number of nitrogens with zero attached hydrogens (tertiary/aromatic N) is 4. The molecule has 1 fully saturated rings. The molecular weight excluding hydrogens is 353 g/mol. The number of halogens is 3. The zero-order valence-electron chi connectivity index (χ0n) is 13.7. The first-order valence-electron chi connectivity index (χ1n) is 7.92. The first kappa shape index (κ1) is 18.3. The lowest BCUT2D eigenvalue weighted by Crippen LogP contribution is -2.39. The normalized spacial score (nSPS) is 18.8. The van der Waals surface area contributed by atoms with Crippen LogP contribution in [0.4, 0.5) is 13.2 Å². The lowest BCUT2D eigenvalue weighted by atomic mass is 10.1. The van der Waals surface area contributed by atoms with Crippen molar-refractivity contribution in [1.29, 1.82) is 0 Å². The molecule has 140 valence electrons. The highest BCUT2D eigenvalue weighted by atomic mass is 19.4. The Bertz CT molecular complexity index is 778. The molecule has 2 heterocycles. The zero-order chi connectivity index (χ0) is 18.7. The van der Waals surface area contributed by atoms with Gasteiger partial charge in [0.2, 0.25) is 0 Å². The molecule has 1 unspecified atom stereocenters. The van der Waals surface area contributed by atoms with Crippen molar-refractivity contribution in [2.75, 3.05) is 19.8 Å². The van der Waals surface area contributed by atoms with Crippen molar-refractivity contribution in [3.8, 4) is 0 Å². The van der Waals surface area contributed by atoms with E-state index in [1.165, 1.54) is 6.07 Å². The van der Waals surface area contributed by atoms with E-state index in [0.29, 0.717) is 19.7 Å². The fourth-order valence-corrected chi connectivity index (χ4v) is 2.82. The standard InChI is InChI=1S/C16H17F3N4O3/c17-16(18,19)9-23-10-20-14(21-23)13-8-26-5-4-22(13)7-11-2-1-3-12(6-11)15(24)25/h1-3,6,10,13H,4-5,7-9H2,(H,24,25). The van der Waals surface area contributed by atoms with E-state index in [9.17, 15) is 18.0 Å². The van der Waals surface area contributed by atoms with E-state index >= 15 is 0 Å². The number of benzene rings is 1. The monoisotopic (exact) mass is 370 g/mol. The van der Waals surface area contributed by atoms with Crippen LogP contribution in [0, 0.1) is 0 Å². The Balaban J connectivity index is 1.76. The van der Waals surface area contributed by atoms with Crippen LogP contribution in [0.5, 0.6) is 0 Å². The molecule has 3 rings (SSSR count). The lowest BCUT2D eigenvalue weighted by molar-refractivity contribution is -0.142. The van der Waals surface area contributed by atoms with Crippen molar-refractivity contribution >= 4 is 5.97 Å². The van der Waals surface area contributed by atoms with Crippen LogP contribution < -0.4 is 0 Å². The number of morpholine rings is 1. The Kier molecular flexibility index (Phi) is 5.23. The maximum Gasteiger partial charge on any atom is 0.408 e. The fraction of sp³-hybridized carbons (Fsp3) is 0.438. The van der Waals surface area contributed by atoms with Gasteiger partial charge in [0.25, 0.3) is 0 Å². The lowest BCUT2D eigenvalue weighted by Gasteiger charge is -2.33. The summed E-state index contributed by atoms with van der Waals surface area (Å²) in [5.41, 5.74) is 0.964. The van der Waals surface area contributed by atoms with Crippen LogP contribution in [0.2, 0.25) is 0 Å². The summed E-state index contributed by atoms with van der Waals surface area (Å²) in [7, 11) is 0. The van der Waals surface area contributed by atoms with Crippen LogP contribution in [0.3, 0.4) is 0 Å². The third kappa shape index (κ3) is 4.58. The summed E-state index contributed by atoms with van der Waals surface area (Å²) in [5, 5.41) is 13.0. The summed E-state index contributed by atoms with van der Waals surface area (Å²) < 4.78 is 43.7. The Morgan fingerprint density at radius 1 is 1.38 bits per heavy atom. The van der Waals surface area contributed by atoms with Gasteiger partial charge in [0, 0.05) is 13.1 Å². The maximum atomic E-state index is 12.5.